The lowest BCUT2D eigenvalue weighted by Gasteiger charge is -2.24. The largest absolute Gasteiger partial charge is 0.507 e. The van der Waals surface area contributed by atoms with Crippen molar-refractivity contribution < 1.29 is 33.6 Å². The SMILES string of the molecule is CCOc1ccc(C2/C(=C(\O)c3ccc4c(c3)OCCO4)C(=O)C(=O)N2c2nnc(SCc3ccccc3)s2)cc1OCC. The van der Waals surface area contributed by atoms with Gasteiger partial charge in [-0.25, -0.2) is 0 Å². The van der Waals surface area contributed by atoms with E-state index in [0.29, 0.717) is 70.6 Å². The van der Waals surface area contributed by atoms with Crippen LogP contribution in [0.1, 0.15) is 36.6 Å². The molecule has 1 atom stereocenters. The van der Waals surface area contributed by atoms with Crippen LogP contribution in [0.4, 0.5) is 5.13 Å². The maximum absolute atomic E-state index is 13.7. The van der Waals surface area contributed by atoms with Gasteiger partial charge in [-0.1, -0.05) is 59.5 Å². The van der Waals surface area contributed by atoms with E-state index in [2.05, 4.69) is 10.2 Å². The number of amides is 1. The molecule has 3 aromatic carbocycles. The summed E-state index contributed by atoms with van der Waals surface area (Å²) in [6.07, 6.45) is 0. The highest BCUT2D eigenvalue weighted by molar-refractivity contribution is 8.00. The fourth-order valence-electron chi connectivity index (χ4n) is 5.01. The Balaban J connectivity index is 1.44. The van der Waals surface area contributed by atoms with E-state index < -0.39 is 17.7 Å². The molecule has 1 fully saturated rings. The zero-order valence-corrected chi connectivity index (χ0v) is 25.7. The summed E-state index contributed by atoms with van der Waals surface area (Å²) in [6, 6.07) is 19.0. The van der Waals surface area contributed by atoms with Gasteiger partial charge < -0.3 is 24.1 Å². The maximum Gasteiger partial charge on any atom is 0.301 e. The molecule has 44 heavy (non-hydrogen) atoms. The Morgan fingerprint density at radius 3 is 2.48 bits per heavy atom. The molecule has 1 amide bonds. The number of aliphatic hydroxyl groups is 1. The monoisotopic (exact) mass is 631 g/mol. The molecule has 2 aliphatic heterocycles. The molecular formula is C32H29N3O7S2. The van der Waals surface area contributed by atoms with Crippen molar-refractivity contribution in [3.8, 4) is 23.0 Å². The molecule has 1 N–H and O–H groups in total. The number of nitrogens with zero attached hydrogens (tertiary/aromatic N) is 3. The highest BCUT2D eigenvalue weighted by Gasteiger charge is 2.48. The lowest BCUT2D eigenvalue weighted by Crippen LogP contribution is -2.29. The van der Waals surface area contributed by atoms with Gasteiger partial charge in [0.1, 0.15) is 19.0 Å². The highest BCUT2D eigenvalue weighted by atomic mass is 32.2. The van der Waals surface area contributed by atoms with E-state index in [1.807, 2.05) is 44.2 Å². The Bertz CT molecular complexity index is 1720. The molecule has 0 aliphatic carbocycles. The molecule has 12 heteroatoms. The smallest absolute Gasteiger partial charge is 0.301 e. The first-order valence-electron chi connectivity index (χ1n) is 14.1. The Morgan fingerprint density at radius 2 is 1.70 bits per heavy atom. The highest BCUT2D eigenvalue weighted by Crippen LogP contribution is 2.46. The number of thioether (sulfide) groups is 1. The Hall–Kier alpha value is -4.55. The number of Topliss-reactive ketones (excluding diaryl/α,β-unsaturated/α-hetero) is 1. The van der Waals surface area contributed by atoms with Gasteiger partial charge in [0.15, 0.2) is 27.3 Å². The van der Waals surface area contributed by atoms with Gasteiger partial charge in [0.05, 0.1) is 24.8 Å². The summed E-state index contributed by atoms with van der Waals surface area (Å²) in [7, 11) is 0. The van der Waals surface area contributed by atoms with Crippen molar-refractivity contribution in [2.24, 2.45) is 0 Å². The van der Waals surface area contributed by atoms with Gasteiger partial charge >= 0.3 is 5.91 Å². The van der Waals surface area contributed by atoms with E-state index in [1.54, 1.807) is 36.4 Å². The summed E-state index contributed by atoms with van der Waals surface area (Å²) < 4.78 is 23.5. The van der Waals surface area contributed by atoms with Gasteiger partial charge in [0, 0.05) is 11.3 Å². The van der Waals surface area contributed by atoms with Crippen LogP contribution in [0.25, 0.3) is 5.76 Å². The second-order valence-corrected chi connectivity index (χ2v) is 11.9. The van der Waals surface area contributed by atoms with Crippen LogP contribution in [0, 0.1) is 0 Å². The van der Waals surface area contributed by atoms with Crippen LogP contribution in [0.5, 0.6) is 23.0 Å². The predicted octanol–water partition coefficient (Wildman–Crippen LogP) is 6.03. The number of carbonyl (C=O) groups is 2. The van der Waals surface area contributed by atoms with E-state index >= 15 is 0 Å². The molecule has 0 radical (unpaired) electrons. The van der Waals surface area contributed by atoms with Gasteiger partial charge in [-0.3, -0.25) is 14.5 Å². The summed E-state index contributed by atoms with van der Waals surface area (Å²) in [4.78, 5) is 28.7. The number of rotatable bonds is 10. The van der Waals surface area contributed by atoms with Crippen LogP contribution >= 0.6 is 23.1 Å². The summed E-state index contributed by atoms with van der Waals surface area (Å²) in [6.45, 7) is 5.29. The van der Waals surface area contributed by atoms with E-state index in [0.717, 1.165) is 5.56 Å². The van der Waals surface area contributed by atoms with E-state index in [1.165, 1.54) is 28.0 Å². The van der Waals surface area contributed by atoms with Crippen LogP contribution in [-0.4, -0.2) is 53.4 Å². The number of carbonyl (C=O) groups excluding carboxylic acids is 2. The molecule has 226 valence electrons. The zero-order valence-electron chi connectivity index (χ0n) is 24.0. The topological polar surface area (TPSA) is 120 Å². The van der Waals surface area contributed by atoms with Gasteiger partial charge in [-0.15, -0.1) is 10.2 Å². The fraction of sp³-hybridized carbons (Fsp3) is 0.250. The van der Waals surface area contributed by atoms with E-state index in [4.69, 9.17) is 18.9 Å². The molecule has 1 saturated heterocycles. The lowest BCUT2D eigenvalue weighted by atomic mass is 9.95. The van der Waals surface area contributed by atoms with Crippen LogP contribution in [0.2, 0.25) is 0 Å². The normalized spacial score (nSPS) is 17.1. The predicted molar refractivity (Wildman–Crippen MR) is 167 cm³/mol. The number of ether oxygens (including phenoxy) is 4. The first kappa shape index (κ1) is 29.5. The third-order valence-electron chi connectivity index (χ3n) is 6.95. The van der Waals surface area contributed by atoms with Crippen molar-refractivity contribution in [1.29, 1.82) is 0 Å². The molecule has 3 heterocycles. The Kier molecular flexibility index (Phi) is 8.71. The number of anilines is 1. The minimum Gasteiger partial charge on any atom is -0.507 e. The standard InChI is InChI=1S/C32H29N3O7S2/c1-3-39-22-12-10-20(16-24(22)40-4-2)27-26(28(36)21-11-13-23-25(17-21)42-15-14-41-23)29(37)30(38)35(27)31-33-34-32(44-31)43-18-19-8-6-5-7-9-19/h5-13,16-17,27,36H,3-4,14-15,18H2,1-2H3/b28-26+. The summed E-state index contributed by atoms with van der Waals surface area (Å²) in [5, 5.41) is 20.5. The van der Waals surface area contributed by atoms with Crippen LogP contribution in [0.15, 0.2) is 76.6 Å². The van der Waals surface area contributed by atoms with Gasteiger partial charge in [0.2, 0.25) is 5.13 Å². The summed E-state index contributed by atoms with van der Waals surface area (Å²) in [5.74, 6) is 0.605. The first-order valence-corrected chi connectivity index (χ1v) is 15.9. The number of aromatic nitrogens is 2. The molecule has 0 saturated carbocycles. The van der Waals surface area contributed by atoms with Crippen molar-refractivity contribution in [1.82, 2.24) is 10.2 Å². The number of ketones is 1. The van der Waals surface area contributed by atoms with Crippen LogP contribution in [-0.2, 0) is 15.3 Å². The minimum absolute atomic E-state index is 0.0908. The quantitative estimate of drug-likeness (QED) is 0.0731. The third-order valence-corrected chi connectivity index (χ3v) is 9.08. The number of hydrogen-bond donors (Lipinski definition) is 1. The fourth-order valence-corrected chi connectivity index (χ4v) is 6.83. The second kappa shape index (κ2) is 13.0. The molecule has 1 aromatic heterocycles. The summed E-state index contributed by atoms with van der Waals surface area (Å²) in [5.41, 5.74) is 1.87. The Morgan fingerprint density at radius 1 is 0.955 bits per heavy atom. The second-order valence-electron chi connectivity index (χ2n) is 9.72. The molecular weight excluding hydrogens is 603 g/mol. The van der Waals surface area contributed by atoms with E-state index in [-0.39, 0.29) is 16.5 Å². The first-order chi connectivity index (χ1) is 21.5. The molecule has 10 nitrogen and oxygen atoms in total. The third kappa shape index (κ3) is 5.82. The van der Waals surface area contributed by atoms with Crippen molar-refractivity contribution >= 4 is 45.7 Å². The number of hydrogen-bond acceptors (Lipinski definition) is 11. The molecule has 0 spiro atoms. The molecule has 2 aliphatic rings. The minimum atomic E-state index is -1.02. The molecule has 1 unspecified atom stereocenters. The van der Waals surface area contributed by atoms with E-state index in [9.17, 15) is 14.7 Å². The number of aliphatic hydroxyl groups excluding tert-OH is 1. The van der Waals surface area contributed by atoms with Crippen molar-refractivity contribution in [3.05, 3.63) is 89.0 Å². The van der Waals surface area contributed by atoms with Gasteiger partial charge in [-0.2, -0.15) is 0 Å². The van der Waals surface area contributed by atoms with Crippen LogP contribution in [0.3, 0.4) is 0 Å². The zero-order chi connectivity index (χ0) is 30.6. The Labute approximate surface area is 262 Å². The number of benzene rings is 3. The van der Waals surface area contributed by atoms with Crippen LogP contribution < -0.4 is 23.8 Å². The number of fused-ring (bicyclic) bond motifs is 1. The van der Waals surface area contributed by atoms with Crippen molar-refractivity contribution in [2.75, 3.05) is 31.3 Å². The maximum atomic E-state index is 13.7. The van der Waals surface area contributed by atoms with Crippen molar-refractivity contribution in [3.63, 3.8) is 0 Å². The molecule has 4 aromatic rings. The average molecular weight is 632 g/mol. The average Bonchev–Trinajstić information content (AvgIpc) is 3.62. The van der Waals surface area contributed by atoms with Crippen molar-refractivity contribution in [2.45, 2.75) is 30.0 Å². The molecule has 6 rings (SSSR count). The summed E-state index contributed by atoms with van der Waals surface area (Å²) >= 11 is 2.69. The van der Waals surface area contributed by atoms with Gasteiger partial charge in [-0.05, 0) is 55.3 Å². The lowest BCUT2D eigenvalue weighted by molar-refractivity contribution is -0.132. The van der Waals surface area contributed by atoms with Gasteiger partial charge in [0.25, 0.3) is 5.78 Å². The molecule has 0 bridgehead atoms.